The average molecular weight is 419 g/mol. The quantitative estimate of drug-likeness (QED) is 0.489. The van der Waals surface area contributed by atoms with Gasteiger partial charge in [-0.05, 0) is 34.5 Å². The summed E-state index contributed by atoms with van der Waals surface area (Å²) in [6, 6.07) is 18.8. The number of benzene rings is 3. The summed E-state index contributed by atoms with van der Waals surface area (Å²) in [5.41, 5.74) is 1.66. The van der Waals surface area contributed by atoms with Crippen molar-refractivity contribution in [3.63, 3.8) is 0 Å². The van der Waals surface area contributed by atoms with Crippen molar-refractivity contribution in [2.75, 3.05) is 5.32 Å². The topological polar surface area (TPSA) is 78.4 Å². The Hall–Kier alpha value is -2.76. The van der Waals surface area contributed by atoms with Crippen LogP contribution < -0.4 is 10.6 Å². The van der Waals surface area contributed by atoms with Crippen molar-refractivity contribution in [3.05, 3.63) is 76.3 Å². The van der Waals surface area contributed by atoms with Gasteiger partial charge < -0.3 is 15.7 Å². The summed E-state index contributed by atoms with van der Waals surface area (Å²) in [6.07, 6.45) is -0.553. The second kappa shape index (κ2) is 10.5. The molecule has 0 heterocycles. The van der Waals surface area contributed by atoms with Crippen LogP contribution in [0.2, 0.25) is 10.0 Å². The fourth-order valence-electron chi connectivity index (χ4n) is 2.44. The number of rotatable bonds is 4. The fraction of sp³-hybridized carbons (Fsp3) is 0.143. The maximum Gasteiger partial charge on any atom is 0.404 e. The highest BCUT2D eigenvalue weighted by atomic mass is 35.5. The minimum atomic E-state index is -0.997. The van der Waals surface area contributed by atoms with Crippen LogP contribution in [0.4, 0.5) is 10.5 Å². The van der Waals surface area contributed by atoms with Crippen molar-refractivity contribution in [2.24, 2.45) is 0 Å². The SMILES string of the molecule is CCC(=O)Nc1ccc(Cl)c(Cl)c1.O=C(O)NCc1cccc2ccccc12. The molecule has 3 rings (SSSR count). The molecular weight excluding hydrogens is 399 g/mol. The zero-order valence-corrected chi connectivity index (χ0v) is 16.7. The Bertz CT molecular complexity index is 972. The van der Waals surface area contributed by atoms with E-state index in [0.717, 1.165) is 16.3 Å². The van der Waals surface area contributed by atoms with Crippen molar-refractivity contribution in [1.82, 2.24) is 5.32 Å². The Morgan fingerprint density at radius 2 is 1.68 bits per heavy atom. The molecule has 146 valence electrons. The summed E-state index contributed by atoms with van der Waals surface area (Å²) >= 11 is 11.5. The van der Waals surface area contributed by atoms with Crippen molar-refractivity contribution < 1.29 is 14.7 Å². The van der Waals surface area contributed by atoms with Gasteiger partial charge in [-0.15, -0.1) is 0 Å². The van der Waals surface area contributed by atoms with E-state index in [0.29, 0.717) is 28.7 Å². The van der Waals surface area contributed by atoms with Crippen LogP contribution in [0.25, 0.3) is 10.8 Å². The monoisotopic (exact) mass is 418 g/mol. The van der Waals surface area contributed by atoms with Gasteiger partial charge in [-0.25, -0.2) is 4.79 Å². The molecule has 0 saturated heterocycles. The van der Waals surface area contributed by atoms with Crippen LogP contribution in [-0.2, 0) is 11.3 Å². The average Bonchev–Trinajstić information content (AvgIpc) is 2.69. The molecule has 2 amide bonds. The maximum atomic E-state index is 11.0. The minimum Gasteiger partial charge on any atom is -0.465 e. The number of amides is 2. The molecule has 3 N–H and O–H groups in total. The van der Waals surface area contributed by atoms with E-state index in [1.165, 1.54) is 0 Å². The van der Waals surface area contributed by atoms with Gasteiger partial charge in [-0.2, -0.15) is 0 Å². The molecule has 0 atom stereocenters. The number of hydrogen-bond donors (Lipinski definition) is 3. The van der Waals surface area contributed by atoms with Crippen molar-refractivity contribution >= 4 is 51.7 Å². The van der Waals surface area contributed by atoms with Gasteiger partial charge in [0.05, 0.1) is 10.0 Å². The molecule has 0 spiro atoms. The third-order valence-electron chi connectivity index (χ3n) is 3.83. The first kappa shape index (κ1) is 21.5. The highest BCUT2D eigenvalue weighted by Crippen LogP contribution is 2.25. The molecule has 5 nitrogen and oxygen atoms in total. The molecule has 3 aromatic carbocycles. The van der Waals surface area contributed by atoms with Crippen LogP contribution in [0.15, 0.2) is 60.7 Å². The lowest BCUT2D eigenvalue weighted by molar-refractivity contribution is -0.115. The largest absolute Gasteiger partial charge is 0.465 e. The Kier molecular flexibility index (Phi) is 8.11. The fourth-order valence-corrected chi connectivity index (χ4v) is 2.74. The predicted molar refractivity (Wildman–Crippen MR) is 114 cm³/mol. The van der Waals surface area contributed by atoms with Crippen LogP contribution in [0, 0.1) is 0 Å². The number of halogens is 2. The van der Waals surface area contributed by atoms with E-state index in [4.69, 9.17) is 28.3 Å². The first-order valence-corrected chi connectivity index (χ1v) is 9.34. The summed E-state index contributed by atoms with van der Waals surface area (Å²) < 4.78 is 0. The molecule has 0 saturated carbocycles. The number of nitrogens with one attached hydrogen (secondary N) is 2. The van der Waals surface area contributed by atoms with E-state index in [-0.39, 0.29) is 5.91 Å². The molecule has 28 heavy (non-hydrogen) atoms. The molecule has 0 fully saturated rings. The minimum absolute atomic E-state index is 0.0432. The van der Waals surface area contributed by atoms with Crippen LogP contribution in [0.1, 0.15) is 18.9 Å². The van der Waals surface area contributed by atoms with Crippen LogP contribution in [0.5, 0.6) is 0 Å². The van der Waals surface area contributed by atoms with Crippen LogP contribution in [0.3, 0.4) is 0 Å². The van der Waals surface area contributed by atoms with Crippen LogP contribution in [-0.4, -0.2) is 17.1 Å². The number of hydrogen-bond acceptors (Lipinski definition) is 2. The van der Waals surface area contributed by atoms with Gasteiger partial charge in [0.1, 0.15) is 0 Å². The number of carboxylic acid groups (broad SMARTS) is 1. The normalized spacial score (nSPS) is 9.96. The second-order valence-corrected chi connectivity index (χ2v) is 6.64. The summed E-state index contributed by atoms with van der Waals surface area (Å²) in [5, 5.41) is 16.7. The van der Waals surface area contributed by atoms with Crippen molar-refractivity contribution in [1.29, 1.82) is 0 Å². The number of carbonyl (C=O) groups is 2. The first-order chi connectivity index (χ1) is 13.4. The van der Waals surface area contributed by atoms with Gasteiger partial charge in [-0.3, -0.25) is 4.79 Å². The Morgan fingerprint density at radius 1 is 0.964 bits per heavy atom. The van der Waals surface area contributed by atoms with Gasteiger partial charge in [-0.1, -0.05) is 72.6 Å². The molecule has 0 aliphatic rings. The maximum absolute atomic E-state index is 11.0. The lowest BCUT2D eigenvalue weighted by Crippen LogP contribution is -2.19. The zero-order chi connectivity index (χ0) is 20.5. The van der Waals surface area contributed by atoms with E-state index in [9.17, 15) is 9.59 Å². The summed E-state index contributed by atoms with van der Waals surface area (Å²) in [6.45, 7) is 2.13. The van der Waals surface area contributed by atoms with Gasteiger partial charge >= 0.3 is 6.09 Å². The van der Waals surface area contributed by atoms with Crippen molar-refractivity contribution in [3.8, 4) is 0 Å². The third kappa shape index (κ3) is 6.44. The molecule has 0 unspecified atom stereocenters. The second-order valence-electron chi connectivity index (χ2n) is 5.83. The van der Waals surface area contributed by atoms with E-state index in [2.05, 4.69) is 10.6 Å². The Balaban J connectivity index is 0.000000203. The molecule has 0 aliphatic carbocycles. The lowest BCUT2D eigenvalue weighted by Gasteiger charge is -2.05. The predicted octanol–water partition coefficient (Wildman–Crippen LogP) is 5.95. The molecule has 3 aromatic rings. The molecule has 0 bridgehead atoms. The number of anilines is 1. The highest BCUT2D eigenvalue weighted by Gasteiger charge is 2.02. The lowest BCUT2D eigenvalue weighted by atomic mass is 10.0. The van der Waals surface area contributed by atoms with Gasteiger partial charge in [0.2, 0.25) is 5.91 Å². The molecule has 0 aromatic heterocycles. The third-order valence-corrected chi connectivity index (χ3v) is 4.57. The summed E-state index contributed by atoms with van der Waals surface area (Å²) in [4.78, 5) is 21.4. The van der Waals surface area contributed by atoms with E-state index in [1.54, 1.807) is 25.1 Å². The number of fused-ring (bicyclic) bond motifs is 1. The van der Waals surface area contributed by atoms with Gasteiger partial charge in [0.15, 0.2) is 0 Å². The van der Waals surface area contributed by atoms with E-state index in [1.807, 2.05) is 42.5 Å². The van der Waals surface area contributed by atoms with Crippen LogP contribution >= 0.6 is 23.2 Å². The van der Waals surface area contributed by atoms with Gasteiger partial charge in [0, 0.05) is 18.7 Å². The number of carbonyl (C=O) groups excluding carboxylic acids is 1. The highest BCUT2D eigenvalue weighted by molar-refractivity contribution is 6.42. The molecule has 0 radical (unpaired) electrons. The standard InChI is InChI=1S/C12H11NO2.C9H9Cl2NO/c14-12(15)13-8-10-6-3-5-9-4-1-2-7-11(9)10;1-2-9(13)12-6-3-4-7(10)8(11)5-6/h1-7,13H,8H2,(H,14,15);3-5H,2H2,1H3,(H,12,13). The molecular formula is C21H20Cl2N2O3. The summed E-state index contributed by atoms with van der Waals surface area (Å²) in [5.74, 6) is -0.0432. The smallest absolute Gasteiger partial charge is 0.404 e. The molecule has 7 heteroatoms. The Labute approximate surface area is 173 Å². The zero-order valence-electron chi connectivity index (χ0n) is 15.2. The van der Waals surface area contributed by atoms with E-state index >= 15 is 0 Å². The van der Waals surface area contributed by atoms with Crippen molar-refractivity contribution in [2.45, 2.75) is 19.9 Å². The first-order valence-electron chi connectivity index (χ1n) is 8.59. The van der Waals surface area contributed by atoms with Gasteiger partial charge in [0.25, 0.3) is 0 Å². The van der Waals surface area contributed by atoms with E-state index < -0.39 is 6.09 Å². The molecule has 0 aliphatic heterocycles. The Morgan fingerprint density at radius 3 is 2.36 bits per heavy atom. The summed E-state index contributed by atoms with van der Waals surface area (Å²) in [7, 11) is 0.